The summed E-state index contributed by atoms with van der Waals surface area (Å²) in [4.78, 5) is 14.7. The van der Waals surface area contributed by atoms with E-state index >= 15 is 0 Å². The number of nitrogens with zero attached hydrogens (tertiary/aromatic N) is 4. The van der Waals surface area contributed by atoms with E-state index in [1.807, 2.05) is 59.2 Å². The molecule has 0 atom stereocenters. The van der Waals surface area contributed by atoms with Gasteiger partial charge in [0.05, 0.1) is 23.0 Å². The number of rotatable bonds is 6. The third-order valence-corrected chi connectivity index (χ3v) is 13.1. The molecule has 6 heteroatoms. The first kappa shape index (κ1) is 34.0. The Kier molecular flexibility index (Phi) is 8.21. The van der Waals surface area contributed by atoms with Crippen LogP contribution in [-0.4, -0.2) is 15.0 Å². The van der Waals surface area contributed by atoms with Gasteiger partial charge in [-0.3, -0.25) is 4.98 Å². The van der Waals surface area contributed by atoms with Crippen LogP contribution in [0.15, 0.2) is 182 Å². The molecule has 11 aromatic rings. The highest BCUT2D eigenvalue weighted by molar-refractivity contribution is 7.26. The summed E-state index contributed by atoms with van der Waals surface area (Å²) < 4.78 is 5.13. The monoisotopic (exact) mass is 774 g/mol. The first-order valence-electron chi connectivity index (χ1n) is 19.0. The van der Waals surface area contributed by atoms with E-state index in [2.05, 4.69) is 151 Å². The van der Waals surface area contributed by atoms with E-state index in [-0.39, 0.29) is 0 Å². The average Bonchev–Trinajstić information content (AvgIpc) is 3.87. The predicted octanol–water partition coefficient (Wildman–Crippen LogP) is 14.5. The zero-order valence-corrected chi connectivity index (χ0v) is 32.6. The van der Waals surface area contributed by atoms with Gasteiger partial charge in [0.1, 0.15) is 0 Å². The molecule has 0 fully saturated rings. The molecule has 0 saturated heterocycles. The van der Waals surface area contributed by atoms with E-state index in [0.717, 1.165) is 61.5 Å². The van der Waals surface area contributed by atoms with Crippen LogP contribution < -0.4 is 0 Å². The fourth-order valence-corrected chi connectivity index (χ4v) is 10.0. The van der Waals surface area contributed by atoms with Crippen LogP contribution in [0, 0.1) is 11.3 Å². The van der Waals surface area contributed by atoms with E-state index in [0.29, 0.717) is 11.4 Å². The summed E-state index contributed by atoms with van der Waals surface area (Å²) in [5.41, 5.74) is 11.7. The summed E-state index contributed by atoms with van der Waals surface area (Å²) in [6.45, 7) is 0. The molecule has 7 aromatic carbocycles. The van der Waals surface area contributed by atoms with Crippen LogP contribution in [0.4, 0.5) is 0 Å². The van der Waals surface area contributed by atoms with Gasteiger partial charge < -0.3 is 0 Å². The summed E-state index contributed by atoms with van der Waals surface area (Å²) in [6.07, 6.45) is 3.67. The molecule has 270 valence electrons. The lowest BCUT2D eigenvalue weighted by molar-refractivity contribution is 1.18. The quantitative estimate of drug-likeness (QED) is 0.169. The van der Waals surface area contributed by atoms with Crippen LogP contribution in [0.25, 0.3) is 108 Å². The second-order valence-electron chi connectivity index (χ2n) is 14.4. The first-order valence-corrected chi connectivity index (χ1v) is 20.7. The summed E-state index contributed by atoms with van der Waals surface area (Å²) in [5, 5.41) is 14.6. The highest BCUT2D eigenvalue weighted by atomic mass is 32.1. The molecule has 4 heterocycles. The standard InChI is InChI=1S/C52H30N4S2/c53-30-32-11-13-35(14-12-32)52-55-46(34-17-15-33(16-18-34)38-6-5-23-54-31-38)29-47(56-52)41-25-39(36-19-21-50-44(27-36)42-7-1-3-9-48(42)57-50)24-40(26-41)37-20-22-51-45(28-37)43-8-2-4-10-49(43)58-51/h1-29,31H. The van der Waals surface area contributed by atoms with Crippen LogP contribution in [-0.2, 0) is 0 Å². The maximum Gasteiger partial charge on any atom is 0.160 e. The van der Waals surface area contributed by atoms with Crippen LogP contribution in [0.2, 0.25) is 0 Å². The van der Waals surface area contributed by atoms with E-state index in [1.165, 1.54) is 40.3 Å². The van der Waals surface area contributed by atoms with Crippen molar-refractivity contribution in [2.45, 2.75) is 0 Å². The Hall–Kier alpha value is -7.30. The van der Waals surface area contributed by atoms with Crippen molar-refractivity contribution < 1.29 is 0 Å². The zero-order chi connectivity index (χ0) is 38.6. The van der Waals surface area contributed by atoms with Gasteiger partial charge in [-0.15, -0.1) is 22.7 Å². The number of benzene rings is 7. The van der Waals surface area contributed by atoms with Crippen molar-refractivity contribution in [3.8, 4) is 73.4 Å². The van der Waals surface area contributed by atoms with Crippen molar-refractivity contribution in [2.24, 2.45) is 0 Å². The molecular weight excluding hydrogens is 745 g/mol. The van der Waals surface area contributed by atoms with Crippen molar-refractivity contribution >= 4 is 63.0 Å². The Morgan fingerprint density at radius 1 is 0.379 bits per heavy atom. The third-order valence-electron chi connectivity index (χ3n) is 10.8. The Balaban J connectivity index is 1.12. The molecule has 0 spiro atoms. The minimum absolute atomic E-state index is 0.592. The highest BCUT2D eigenvalue weighted by Crippen LogP contribution is 2.41. The number of hydrogen-bond donors (Lipinski definition) is 0. The van der Waals surface area contributed by atoms with Crippen molar-refractivity contribution in [3.05, 3.63) is 188 Å². The molecule has 0 aliphatic rings. The molecule has 0 aliphatic heterocycles. The number of aromatic nitrogens is 3. The summed E-state index contributed by atoms with van der Waals surface area (Å²) in [5.74, 6) is 0.595. The molecule has 0 N–H and O–H groups in total. The van der Waals surface area contributed by atoms with Crippen molar-refractivity contribution in [3.63, 3.8) is 0 Å². The van der Waals surface area contributed by atoms with Gasteiger partial charge >= 0.3 is 0 Å². The number of fused-ring (bicyclic) bond motifs is 6. The third kappa shape index (κ3) is 6.11. The topological polar surface area (TPSA) is 62.5 Å². The van der Waals surface area contributed by atoms with Gasteiger partial charge in [0.2, 0.25) is 0 Å². The van der Waals surface area contributed by atoms with Gasteiger partial charge in [-0.1, -0.05) is 78.9 Å². The molecule has 58 heavy (non-hydrogen) atoms. The molecule has 0 saturated carbocycles. The number of pyridine rings is 1. The SMILES string of the molecule is N#Cc1ccc(-c2nc(-c3ccc(-c4cccnc4)cc3)cc(-c3cc(-c4ccc5sc6ccccc6c5c4)cc(-c4ccc5sc6ccccc6c5c4)c3)n2)cc1. The molecule has 0 amide bonds. The van der Waals surface area contributed by atoms with Gasteiger partial charge in [0.25, 0.3) is 0 Å². The summed E-state index contributed by atoms with van der Waals surface area (Å²) >= 11 is 3.66. The van der Waals surface area contributed by atoms with Crippen molar-refractivity contribution in [1.29, 1.82) is 5.26 Å². The molecule has 0 unspecified atom stereocenters. The molecular formula is C52H30N4S2. The lowest BCUT2D eigenvalue weighted by Crippen LogP contribution is -1.97. The van der Waals surface area contributed by atoms with E-state index in [1.54, 1.807) is 6.20 Å². The molecule has 4 nitrogen and oxygen atoms in total. The lowest BCUT2D eigenvalue weighted by Gasteiger charge is -2.14. The Morgan fingerprint density at radius 2 is 0.897 bits per heavy atom. The lowest BCUT2D eigenvalue weighted by atomic mass is 9.93. The summed E-state index contributed by atoms with van der Waals surface area (Å²) in [7, 11) is 0. The van der Waals surface area contributed by atoms with Gasteiger partial charge in [0.15, 0.2) is 5.82 Å². The Bertz CT molecular complexity index is 3260. The van der Waals surface area contributed by atoms with Crippen LogP contribution >= 0.6 is 22.7 Å². The normalized spacial score (nSPS) is 11.4. The predicted molar refractivity (Wildman–Crippen MR) is 243 cm³/mol. The van der Waals surface area contributed by atoms with Crippen LogP contribution in [0.1, 0.15) is 5.56 Å². The minimum atomic E-state index is 0.592. The van der Waals surface area contributed by atoms with Gasteiger partial charge in [-0.05, 0) is 124 Å². The smallest absolute Gasteiger partial charge is 0.160 e. The fraction of sp³-hybridized carbons (Fsp3) is 0. The van der Waals surface area contributed by atoms with Crippen LogP contribution in [0.3, 0.4) is 0 Å². The van der Waals surface area contributed by atoms with Crippen molar-refractivity contribution in [2.75, 3.05) is 0 Å². The number of hydrogen-bond acceptors (Lipinski definition) is 6. The second-order valence-corrected chi connectivity index (χ2v) is 16.6. The summed E-state index contributed by atoms with van der Waals surface area (Å²) in [6, 6.07) is 62.1. The van der Waals surface area contributed by atoms with Crippen molar-refractivity contribution in [1.82, 2.24) is 15.0 Å². The number of thiophene rings is 2. The Labute approximate surface area is 342 Å². The fourth-order valence-electron chi connectivity index (χ4n) is 7.85. The van der Waals surface area contributed by atoms with Gasteiger partial charge in [0, 0.05) is 69.4 Å². The molecule has 0 radical (unpaired) electrons. The first-order chi connectivity index (χ1) is 28.6. The Morgan fingerprint density at radius 3 is 1.48 bits per heavy atom. The maximum absolute atomic E-state index is 9.54. The molecule has 11 rings (SSSR count). The highest BCUT2D eigenvalue weighted by Gasteiger charge is 2.16. The molecule has 0 bridgehead atoms. The second kappa shape index (κ2) is 14.0. The molecule has 4 aromatic heterocycles. The maximum atomic E-state index is 9.54. The average molecular weight is 775 g/mol. The van der Waals surface area contributed by atoms with Gasteiger partial charge in [-0.25, -0.2) is 9.97 Å². The van der Waals surface area contributed by atoms with Crippen LogP contribution in [0.5, 0.6) is 0 Å². The van der Waals surface area contributed by atoms with Gasteiger partial charge in [-0.2, -0.15) is 5.26 Å². The van der Waals surface area contributed by atoms with E-state index in [9.17, 15) is 5.26 Å². The molecule has 0 aliphatic carbocycles. The largest absolute Gasteiger partial charge is 0.264 e. The number of nitriles is 1. The van der Waals surface area contributed by atoms with E-state index in [4.69, 9.17) is 9.97 Å². The van der Waals surface area contributed by atoms with E-state index < -0.39 is 0 Å². The zero-order valence-electron chi connectivity index (χ0n) is 30.9. The minimum Gasteiger partial charge on any atom is -0.264 e.